The minimum Gasteiger partial charge on any atom is -0.438 e. The largest absolute Gasteiger partial charge is 0.438 e. The highest BCUT2D eigenvalue weighted by Crippen LogP contribution is 2.34. The number of fused-ring (bicyclic) bond motifs is 1. The summed E-state index contributed by atoms with van der Waals surface area (Å²) in [4.78, 5) is 10.4. The average Bonchev–Trinajstić information content (AvgIpc) is 2.73. The van der Waals surface area contributed by atoms with Crippen LogP contribution in [0.25, 0.3) is 10.2 Å². The summed E-state index contributed by atoms with van der Waals surface area (Å²) in [6, 6.07) is 7.85. The van der Waals surface area contributed by atoms with Crippen molar-refractivity contribution < 1.29 is 4.74 Å². The Labute approximate surface area is 128 Å². The van der Waals surface area contributed by atoms with Gasteiger partial charge < -0.3 is 10.5 Å². The van der Waals surface area contributed by atoms with Gasteiger partial charge in [-0.2, -0.15) is 4.98 Å². The fourth-order valence-corrected chi connectivity index (χ4v) is 3.29. The van der Waals surface area contributed by atoms with Crippen LogP contribution < -0.4 is 10.5 Å². The minimum absolute atomic E-state index is 0.226. The van der Waals surface area contributed by atoms with E-state index in [9.17, 15) is 0 Å². The van der Waals surface area contributed by atoms with E-state index in [1.165, 1.54) is 0 Å². The van der Waals surface area contributed by atoms with Crippen molar-refractivity contribution in [2.24, 2.45) is 0 Å². The fourth-order valence-electron chi connectivity index (χ4n) is 1.94. The van der Waals surface area contributed by atoms with Gasteiger partial charge in [-0.15, -0.1) is 11.3 Å². The number of nitrogen functional groups attached to an aromatic ring is 1. The van der Waals surface area contributed by atoms with Crippen molar-refractivity contribution in [3.05, 3.63) is 39.2 Å². The number of hydrogen-bond donors (Lipinski definition) is 1. The Morgan fingerprint density at radius 3 is 2.75 bits per heavy atom. The third kappa shape index (κ3) is 2.48. The van der Waals surface area contributed by atoms with Gasteiger partial charge in [0.1, 0.15) is 10.6 Å². The van der Waals surface area contributed by atoms with Crippen LogP contribution in [0, 0.1) is 13.8 Å². The number of aromatic nitrogens is 2. The molecule has 0 atom stereocenters. The van der Waals surface area contributed by atoms with Crippen LogP contribution in [0.15, 0.2) is 28.7 Å². The van der Waals surface area contributed by atoms with E-state index in [-0.39, 0.29) is 5.95 Å². The lowest BCUT2D eigenvalue weighted by molar-refractivity contribution is 0.465. The highest BCUT2D eigenvalue weighted by Gasteiger charge is 2.12. The third-order valence-electron chi connectivity index (χ3n) is 2.84. The maximum atomic E-state index is 5.93. The van der Waals surface area contributed by atoms with E-state index in [2.05, 4.69) is 25.9 Å². The molecule has 0 amide bonds. The fraction of sp³-hybridized carbons (Fsp3) is 0.143. The van der Waals surface area contributed by atoms with Crippen LogP contribution in [0.2, 0.25) is 0 Å². The second-order valence-electron chi connectivity index (χ2n) is 4.47. The molecule has 0 saturated carbocycles. The first-order chi connectivity index (χ1) is 9.52. The molecule has 3 aromatic rings. The summed E-state index contributed by atoms with van der Waals surface area (Å²) in [5.74, 6) is 1.49. The van der Waals surface area contributed by atoms with Crippen molar-refractivity contribution in [3.8, 4) is 11.6 Å². The van der Waals surface area contributed by atoms with Gasteiger partial charge in [0.2, 0.25) is 11.8 Å². The van der Waals surface area contributed by atoms with E-state index in [4.69, 9.17) is 10.5 Å². The van der Waals surface area contributed by atoms with Crippen LogP contribution >= 0.6 is 27.3 Å². The summed E-state index contributed by atoms with van der Waals surface area (Å²) in [5.41, 5.74) is 6.77. The maximum absolute atomic E-state index is 5.93. The molecule has 0 radical (unpaired) electrons. The lowest BCUT2D eigenvalue weighted by Crippen LogP contribution is -1.97. The molecule has 0 aliphatic heterocycles. The molecule has 1 aromatic carbocycles. The van der Waals surface area contributed by atoms with Crippen LogP contribution in [-0.2, 0) is 0 Å². The van der Waals surface area contributed by atoms with Gasteiger partial charge >= 0.3 is 0 Å². The Morgan fingerprint density at radius 2 is 2.00 bits per heavy atom. The number of aryl methyl sites for hydroxylation is 2. The van der Waals surface area contributed by atoms with Crippen molar-refractivity contribution >= 4 is 43.4 Å². The predicted molar refractivity (Wildman–Crippen MR) is 85.5 cm³/mol. The number of anilines is 1. The van der Waals surface area contributed by atoms with E-state index in [1.54, 1.807) is 11.3 Å². The smallest absolute Gasteiger partial charge is 0.232 e. The van der Waals surface area contributed by atoms with Crippen molar-refractivity contribution in [2.45, 2.75) is 13.8 Å². The third-order valence-corrected chi connectivity index (χ3v) is 4.28. The Kier molecular flexibility index (Phi) is 3.35. The normalized spacial score (nSPS) is 10.9. The number of ether oxygens (including phenoxy) is 1. The second-order valence-corrected chi connectivity index (χ2v) is 6.63. The monoisotopic (exact) mass is 349 g/mol. The molecule has 0 aliphatic rings. The molecule has 2 heterocycles. The first kappa shape index (κ1) is 13.3. The first-order valence-electron chi connectivity index (χ1n) is 6.00. The number of halogens is 1. The van der Waals surface area contributed by atoms with Crippen LogP contribution in [0.3, 0.4) is 0 Å². The highest BCUT2D eigenvalue weighted by atomic mass is 79.9. The molecule has 2 N–H and O–H groups in total. The van der Waals surface area contributed by atoms with E-state index >= 15 is 0 Å². The van der Waals surface area contributed by atoms with Gasteiger partial charge in [0.25, 0.3) is 0 Å². The van der Waals surface area contributed by atoms with Crippen molar-refractivity contribution in [1.82, 2.24) is 9.97 Å². The molecule has 6 heteroatoms. The summed E-state index contributed by atoms with van der Waals surface area (Å²) in [7, 11) is 0. The Bertz CT molecular complexity index is 800. The van der Waals surface area contributed by atoms with Crippen LogP contribution in [0.4, 0.5) is 5.95 Å². The number of hydrogen-bond acceptors (Lipinski definition) is 5. The van der Waals surface area contributed by atoms with Crippen LogP contribution in [0.5, 0.6) is 11.6 Å². The zero-order valence-electron chi connectivity index (χ0n) is 11.0. The first-order valence-corrected chi connectivity index (χ1v) is 7.61. The van der Waals surface area contributed by atoms with E-state index in [0.717, 1.165) is 30.9 Å². The lowest BCUT2D eigenvalue weighted by Gasteiger charge is -2.09. The molecule has 2 aromatic heterocycles. The summed E-state index contributed by atoms with van der Waals surface area (Å²) >= 11 is 5.02. The maximum Gasteiger partial charge on any atom is 0.232 e. The van der Waals surface area contributed by atoms with E-state index < -0.39 is 0 Å². The van der Waals surface area contributed by atoms with Gasteiger partial charge in [0.05, 0.1) is 5.39 Å². The second kappa shape index (κ2) is 5.03. The topological polar surface area (TPSA) is 61.0 Å². The Hall–Kier alpha value is -1.66. The van der Waals surface area contributed by atoms with Gasteiger partial charge in [0.15, 0.2) is 0 Å². The number of thiophene rings is 1. The number of nitrogens with zero attached hydrogens (tertiary/aromatic N) is 2. The molecule has 0 bridgehead atoms. The van der Waals surface area contributed by atoms with E-state index in [1.807, 2.05) is 38.1 Å². The lowest BCUT2D eigenvalue weighted by atomic mass is 10.2. The van der Waals surface area contributed by atoms with Crippen molar-refractivity contribution in [3.63, 3.8) is 0 Å². The molecular weight excluding hydrogens is 338 g/mol. The van der Waals surface area contributed by atoms with Crippen LogP contribution in [-0.4, -0.2) is 9.97 Å². The van der Waals surface area contributed by atoms with Crippen molar-refractivity contribution in [1.29, 1.82) is 0 Å². The molecule has 3 rings (SSSR count). The van der Waals surface area contributed by atoms with Gasteiger partial charge in [-0.05, 0) is 43.7 Å². The molecule has 0 fully saturated rings. The molecule has 0 saturated heterocycles. The molecule has 4 nitrogen and oxygen atoms in total. The highest BCUT2D eigenvalue weighted by molar-refractivity contribution is 9.10. The van der Waals surface area contributed by atoms with Gasteiger partial charge in [0, 0.05) is 9.35 Å². The molecule has 102 valence electrons. The molecular formula is C14H12BrN3OS. The minimum atomic E-state index is 0.226. The average molecular weight is 350 g/mol. The van der Waals surface area contributed by atoms with Gasteiger partial charge in [-0.25, -0.2) is 4.98 Å². The van der Waals surface area contributed by atoms with Gasteiger partial charge in [-0.1, -0.05) is 15.9 Å². The molecule has 0 unspecified atom stereocenters. The number of rotatable bonds is 2. The number of benzene rings is 1. The summed E-state index contributed by atoms with van der Waals surface area (Å²) in [6.45, 7) is 4.01. The summed E-state index contributed by atoms with van der Waals surface area (Å²) < 4.78 is 6.94. The zero-order chi connectivity index (χ0) is 14.3. The predicted octanol–water partition coefficient (Wildman–Crippen LogP) is 4.45. The summed E-state index contributed by atoms with van der Waals surface area (Å²) in [5, 5.41) is 0.893. The van der Waals surface area contributed by atoms with Crippen LogP contribution in [0.1, 0.15) is 10.4 Å². The van der Waals surface area contributed by atoms with Gasteiger partial charge in [-0.3, -0.25) is 0 Å². The molecule has 0 aliphatic carbocycles. The van der Waals surface area contributed by atoms with Crippen molar-refractivity contribution in [2.75, 3.05) is 5.73 Å². The number of nitrogens with two attached hydrogens (primary N) is 1. The molecule has 20 heavy (non-hydrogen) atoms. The Morgan fingerprint density at radius 1 is 1.20 bits per heavy atom. The quantitative estimate of drug-likeness (QED) is 0.742. The standard InChI is InChI=1S/C14H12BrN3OS/c1-7-5-9(15)3-4-11(7)19-12-10-6-8(2)20-13(10)18-14(16)17-12/h3-6H,1-2H3,(H2,16,17,18). The van der Waals surface area contributed by atoms with E-state index in [0.29, 0.717) is 5.88 Å². The zero-order valence-corrected chi connectivity index (χ0v) is 13.4. The SMILES string of the molecule is Cc1cc2c(Oc3ccc(Br)cc3C)nc(N)nc2s1. The summed E-state index contributed by atoms with van der Waals surface area (Å²) in [6.07, 6.45) is 0. The molecule has 0 spiro atoms. The Balaban J connectivity index is 2.10.